The van der Waals surface area contributed by atoms with Gasteiger partial charge in [0.2, 0.25) is 0 Å². The summed E-state index contributed by atoms with van der Waals surface area (Å²) in [6, 6.07) is 20.4. The van der Waals surface area contributed by atoms with E-state index in [-0.39, 0.29) is 16.6 Å². The third-order valence-corrected chi connectivity index (χ3v) is 7.88. The van der Waals surface area contributed by atoms with Crippen LogP contribution in [-0.2, 0) is 19.7 Å². The number of nitrogens with two attached hydrogens (primary N) is 1. The predicted molar refractivity (Wildman–Crippen MR) is 152 cm³/mol. The topological polar surface area (TPSA) is 150 Å². The van der Waals surface area contributed by atoms with Crippen molar-refractivity contribution >= 4 is 32.2 Å². The standard InChI is InChI=1S/C14H14N2O2S.C8H11NO2S.C6H5NO/c1-12-4-6-14(7-5-12)19(17,18)11-16-10-13-3-2-8-15-9-13;1-7-2-4-8(5-3-7)12(10,11)6-9;8-5-6-2-1-3-7-4-6/h2-10H,11H2,1H3;2-5H,6,9H2,1H3;1-5H. The van der Waals surface area contributed by atoms with E-state index in [0.29, 0.717) is 10.5 Å². The largest absolute Gasteiger partial charge is 0.317 e. The first-order valence-corrected chi connectivity index (χ1v) is 14.9. The van der Waals surface area contributed by atoms with Crippen LogP contribution < -0.4 is 5.73 Å². The molecule has 4 aromatic rings. The summed E-state index contributed by atoms with van der Waals surface area (Å²) in [5.74, 6) is -0.596. The van der Waals surface area contributed by atoms with Crippen molar-refractivity contribution in [3.05, 3.63) is 120 Å². The molecule has 0 aliphatic rings. The number of sulfone groups is 2. The minimum absolute atomic E-state index is 0.259. The number of carbonyl (C=O) groups is 1. The van der Waals surface area contributed by atoms with Gasteiger partial charge in [-0.2, -0.15) is 0 Å². The molecule has 0 radical (unpaired) electrons. The molecule has 0 saturated heterocycles. The number of hydrogen-bond acceptors (Lipinski definition) is 9. The summed E-state index contributed by atoms with van der Waals surface area (Å²) in [7, 11) is -6.60. The smallest absolute Gasteiger partial charge is 0.198 e. The molecule has 0 unspecified atom stereocenters. The van der Waals surface area contributed by atoms with Crippen molar-refractivity contribution in [1.29, 1.82) is 0 Å². The zero-order valence-electron chi connectivity index (χ0n) is 21.6. The van der Waals surface area contributed by atoms with Crippen LogP contribution in [0.3, 0.4) is 0 Å². The van der Waals surface area contributed by atoms with Gasteiger partial charge in [-0.1, -0.05) is 41.5 Å². The lowest BCUT2D eigenvalue weighted by Gasteiger charge is -2.01. The lowest BCUT2D eigenvalue weighted by molar-refractivity contribution is 0.112. The van der Waals surface area contributed by atoms with E-state index >= 15 is 0 Å². The quantitative estimate of drug-likeness (QED) is 0.262. The van der Waals surface area contributed by atoms with Crippen molar-refractivity contribution in [3.8, 4) is 0 Å². The molecule has 0 amide bonds. The van der Waals surface area contributed by atoms with Crippen LogP contribution in [0.4, 0.5) is 0 Å². The highest BCUT2D eigenvalue weighted by molar-refractivity contribution is 7.91. The molecule has 2 heterocycles. The van der Waals surface area contributed by atoms with Crippen LogP contribution in [0.25, 0.3) is 0 Å². The van der Waals surface area contributed by atoms with Crippen LogP contribution in [0.2, 0.25) is 0 Å². The molecule has 0 aliphatic heterocycles. The second-order valence-electron chi connectivity index (χ2n) is 8.15. The van der Waals surface area contributed by atoms with Crippen LogP contribution in [0, 0.1) is 13.8 Å². The lowest BCUT2D eigenvalue weighted by Crippen LogP contribution is -2.14. The zero-order valence-corrected chi connectivity index (χ0v) is 23.2. The molecule has 2 N–H and O–H groups in total. The van der Waals surface area contributed by atoms with E-state index in [1.165, 1.54) is 12.4 Å². The van der Waals surface area contributed by atoms with Crippen molar-refractivity contribution in [1.82, 2.24) is 9.97 Å². The summed E-state index contributed by atoms with van der Waals surface area (Å²) in [6.07, 6.45) is 8.72. The Labute approximate surface area is 229 Å². The van der Waals surface area contributed by atoms with Gasteiger partial charge in [0.15, 0.2) is 26.0 Å². The Morgan fingerprint density at radius 3 is 1.56 bits per heavy atom. The summed E-state index contributed by atoms with van der Waals surface area (Å²) in [6.45, 7) is 3.82. The highest BCUT2D eigenvalue weighted by atomic mass is 32.2. The van der Waals surface area contributed by atoms with E-state index in [9.17, 15) is 21.6 Å². The highest BCUT2D eigenvalue weighted by Gasteiger charge is 2.12. The first-order chi connectivity index (χ1) is 18.6. The second kappa shape index (κ2) is 15.4. The first-order valence-electron chi connectivity index (χ1n) is 11.6. The van der Waals surface area contributed by atoms with Gasteiger partial charge < -0.3 is 5.73 Å². The number of benzene rings is 2. The van der Waals surface area contributed by atoms with Crippen LogP contribution in [0.15, 0.2) is 112 Å². The summed E-state index contributed by atoms with van der Waals surface area (Å²) in [4.78, 5) is 22.2. The summed E-state index contributed by atoms with van der Waals surface area (Å²) in [5, 5.41) is 0. The molecule has 39 heavy (non-hydrogen) atoms. The Balaban J connectivity index is 0.000000227. The Hall–Kier alpha value is -4.06. The van der Waals surface area contributed by atoms with Crippen molar-refractivity contribution in [3.63, 3.8) is 0 Å². The number of carbonyl (C=O) groups excluding carboxylic acids is 1. The fourth-order valence-corrected chi connectivity index (χ4v) is 4.51. The van der Waals surface area contributed by atoms with Gasteiger partial charge in [0, 0.05) is 42.1 Å². The minimum Gasteiger partial charge on any atom is -0.317 e. The van der Waals surface area contributed by atoms with Crippen molar-refractivity contribution in [2.45, 2.75) is 23.6 Å². The molecule has 0 spiro atoms. The molecule has 0 fully saturated rings. The van der Waals surface area contributed by atoms with E-state index in [0.717, 1.165) is 23.0 Å². The Morgan fingerprint density at radius 2 is 1.18 bits per heavy atom. The molecule has 0 aliphatic carbocycles. The van der Waals surface area contributed by atoms with Gasteiger partial charge in [0.1, 0.15) is 11.8 Å². The van der Waals surface area contributed by atoms with Crippen molar-refractivity contribution in [2.24, 2.45) is 10.7 Å². The maximum Gasteiger partial charge on any atom is 0.198 e. The van der Waals surface area contributed by atoms with Gasteiger partial charge in [0.25, 0.3) is 0 Å². The van der Waals surface area contributed by atoms with Crippen molar-refractivity contribution in [2.75, 3.05) is 11.8 Å². The molecule has 0 atom stereocenters. The van der Waals surface area contributed by atoms with E-state index in [1.807, 2.05) is 19.9 Å². The first kappa shape index (κ1) is 31.2. The van der Waals surface area contributed by atoms with Gasteiger partial charge in [-0.05, 0) is 56.3 Å². The number of aliphatic imine (C=N–C) groups is 1. The zero-order chi connectivity index (χ0) is 28.7. The summed E-state index contributed by atoms with van der Waals surface area (Å²) < 4.78 is 46.4. The molecular weight excluding hydrogens is 536 g/mol. The number of aryl methyl sites for hydroxylation is 2. The molecule has 0 saturated carbocycles. The number of hydrogen-bond donors (Lipinski definition) is 1. The number of rotatable bonds is 7. The second-order valence-corrected chi connectivity index (χ2v) is 12.1. The Morgan fingerprint density at radius 1 is 0.718 bits per heavy atom. The maximum absolute atomic E-state index is 12.0. The molecular formula is C28H30N4O5S2. The van der Waals surface area contributed by atoms with Crippen LogP contribution in [-0.4, -0.2) is 51.1 Å². The fourth-order valence-electron chi connectivity index (χ4n) is 2.80. The molecule has 204 valence electrons. The van der Waals surface area contributed by atoms with Gasteiger partial charge in [-0.3, -0.25) is 19.8 Å². The number of nitrogens with zero attached hydrogens (tertiary/aromatic N) is 3. The van der Waals surface area contributed by atoms with E-state index in [4.69, 9.17) is 5.73 Å². The third kappa shape index (κ3) is 11.1. The number of aldehydes is 1. The summed E-state index contributed by atoms with van der Waals surface area (Å²) in [5.41, 5.74) is 8.54. The molecule has 2 aromatic carbocycles. The van der Waals surface area contributed by atoms with Gasteiger partial charge in [-0.25, -0.2) is 16.8 Å². The van der Waals surface area contributed by atoms with Gasteiger partial charge >= 0.3 is 0 Å². The third-order valence-electron chi connectivity index (χ3n) is 4.97. The predicted octanol–water partition coefficient (Wildman–Crippen LogP) is 3.82. The van der Waals surface area contributed by atoms with Crippen LogP contribution in [0.5, 0.6) is 0 Å². The lowest BCUT2D eigenvalue weighted by atomic mass is 10.2. The minimum atomic E-state index is -3.37. The van der Waals surface area contributed by atoms with Gasteiger partial charge in [0.05, 0.1) is 9.79 Å². The van der Waals surface area contributed by atoms with Crippen LogP contribution in [0.1, 0.15) is 27.0 Å². The highest BCUT2D eigenvalue weighted by Crippen LogP contribution is 2.12. The molecule has 9 nitrogen and oxygen atoms in total. The Kier molecular flexibility index (Phi) is 12.3. The van der Waals surface area contributed by atoms with Crippen molar-refractivity contribution < 1.29 is 21.6 Å². The molecule has 0 bridgehead atoms. The number of aromatic nitrogens is 2. The molecule has 2 aromatic heterocycles. The normalized spacial score (nSPS) is 11.1. The monoisotopic (exact) mass is 566 g/mol. The Bertz CT molecular complexity index is 1540. The average Bonchev–Trinajstić information content (AvgIpc) is 2.95. The number of pyridine rings is 2. The van der Waals surface area contributed by atoms with E-state index < -0.39 is 19.7 Å². The fraction of sp³-hybridized carbons (Fsp3) is 0.143. The SMILES string of the molecule is Cc1ccc(S(=O)(=O)CN)cc1.Cc1ccc(S(=O)(=O)CN=Cc2cccnc2)cc1.O=Cc1cccnc1. The van der Waals surface area contributed by atoms with E-state index in [1.54, 1.807) is 85.3 Å². The maximum atomic E-state index is 12.0. The van der Waals surface area contributed by atoms with Gasteiger partial charge in [-0.15, -0.1) is 0 Å². The summed E-state index contributed by atoms with van der Waals surface area (Å²) >= 11 is 0. The molecule has 11 heteroatoms. The molecule has 4 rings (SSSR count). The average molecular weight is 567 g/mol. The van der Waals surface area contributed by atoms with E-state index in [2.05, 4.69) is 15.0 Å². The van der Waals surface area contributed by atoms with Crippen LogP contribution >= 0.6 is 0 Å².